The molecule has 0 radical (unpaired) electrons. The molecular formula is C22H24F3N5O2. The number of primary amides is 1. The van der Waals surface area contributed by atoms with Gasteiger partial charge in [0.15, 0.2) is 5.82 Å². The Balaban J connectivity index is 1.27. The second-order valence-corrected chi connectivity index (χ2v) is 8.14. The number of piperidine rings is 1. The highest BCUT2D eigenvalue weighted by Gasteiger charge is 2.26. The Kier molecular flexibility index (Phi) is 6.57. The summed E-state index contributed by atoms with van der Waals surface area (Å²) in [4.78, 5) is 26.9. The minimum absolute atomic E-state index is 0.0233. The molecule has 2 aliphatic rings. The van der Waals surface area contributed by atoms with Crippen LogP contribution in [0.15, 0.2) is 29.7 Å². The Hall–Kier alpha value is -3.17. The van der Waals surface area contributed by atoms with Crippen molar-refractivity contribution in [3.63, 3.8) is 0 Å². The SMILES string of the molecule is NC(=O)c1cc(F)c(C2CCC(=NOC3CCN(c4ncc(F)cn4)CC3)CC2)cc1F. The number of hydrogen-bond donors (Lipinski definition) is 1. The van der Waals surface area contributed by atoms with Gasteiger partial charge < -0.3 is 15.5 Å². The number of benzene rings is 1. The first-order chi connectivity index (χ1) is 15.4. The van der Waals surface area contributed by atoms with Gasteiger partial charge >= 0.3 is 0 Å². The summed E-state index contributed by atoms with van der Waals surface area (Å²) >= 11 is 0. The first kappa shape index (κ1) is 22.0. The third-order valence-electron chi connectivity index (χ3n) is 6.02. The summed E-state index contributed by atoms with van der Waals surface area (Å²) in [6, 6.07) is 1.96. The van der Waals surface area contributed by atoms with Crippen LogP contribution >= 0.6 is 0 Å². The molecule has 1 amide bonds. The van der Waals surface area contributed by atoms with Crippen molar-refractivity contribution >= 4 is 17.6 Å². The van der Waals surface area contributed by atoms with Gasteiger partial charge in [-0.1, -0.05) is 5.16 Å². The van der Waals surface area contributed by atoms with Crippen molar-refractivity contribution in [2.24, 2.45) is 10.9 Å². The van der Waals surface area contributed by atoms with E-state index in [1.165, 1.54) is 0 Å². The zero-order valence-corrected chi connectivity index (χ0v) is 17.4. The number of nitrogens with two attached hydrogens (primary N) is 1. The molecule has 2 fully saturated rings. The largest absolute Gasteiger partial charge is 0.392 e. The Morgan fingerprint density at radius 1 is 1.03 bits per heavy atom. The van der Waals surface area contributed by atoms with E-state index in [0.717, 1.165) is 43.1 Å². The van der Waals surface area contributed by atoms with E-state index in [9.17, 15) is 18.0 Å². The lowest BCUT2D eigenvalue weighted by Gasteiger charge is -2.31. The minimum atomic E-state index is -0.987. The summed E-state index contributed by atoms with van der Waals surface area (Å²) in [5.41, 5.74) is 5.80. The lowest BCUT2D eigenvalue weighted by atomic mass is 9.82. The maximum absolute atomic E-state index is 14.4. The zero-order chi connectivity index (χ0) is 22.7. The molecule has 7 nitrogen and oxygen atoms in total. The van der Waals surface area contributed by atoms with Crippen molar-refractivity contribution in [2.45, 2.75) is 50.5 Å². The first-order valence-electron chi connectivity index (χ1n) is 10.6. The quantitative estimate of drug-likeness (QED) is 0.706. The third-order valence-corrected chi connectivity index (χ3v) is 6.02. The highest BCUT2D eigenvalue weighted by atomic mass is 19.1. The van der Waals surface area contributed by atoms with Crippen molar-refractivity contribution in [3.8, 4) is 0 Å². The number of hydrogen-bond acceptors (Lipinski definition) is 6. The normalized spacial score (nSPS) is 19.7. The molecule has 10 heteroatoms. The van der Waals surface area contributed by atoms with Crippen molar-refractivity contribution in [2.75, 3.05) is 18.0 Å². The number of nitrogens with zero attached hydrogens (tertiary/aromatic N) is 4. The topological polar surface area (TPSA) is 93.7 Å². The van der Waals surface area contributed by atoms with Gasteiger partial charge in [-0.05, 0) is 49.3 Å². The summed E-state index contributed by atoms with van der Waals surface area (Å²) < 4.78 is 41.4. The highest BCUT2D eigenvalue weighted by molar-refractivity contribution is 5.93. The summed E-state index contributed by atoms with van der Waals surface area (Å²) in [5, 5.41) is 4.31. The Morgan fingerprint density at radius 3 is 2.31 bits per heavy atom. The smallest absolute Gasteiger partial charge is 0.251 e. The van der Waals surface area contributed by atoms with Gasteiger partial charge in [0, 0.05) is 25.9 Å². The number of amides is 1. The maximum atomic E-state index is 14.4. The van der Waals surface area contributed by atoms with Gasteiger partial charge in [0.1, 0.15) is 17.7 Å². The molecule has 32 heavy (non-hydrogen) atoms. The van der Waals surface area contributed by atoms with Gasteiger partial charge in [0.2, 0.25) is 5.95 Å². The summed E-state index contributed by atoms with van der Waals surface area (Å²) in [7, 11) is 0. The average molecular weight is 447 g/mol. The van der Waals surface area contributed by atoms with Crippen molar-refractivity contribution in [3.05, 3.63) is 53.1 Å². The van der Waals surface area contributed by atoms with E-state index < -0.39 is 28.9 Å². The van der Waals surface area contributed by atoms with Crippen LogP contribution in [0.3, 0.4) is 0 Å². The lowest BCUT2D eigenvalue weighted by molar-refractivity contribution is 0.0406. The van der Waals surface area contributed by atoms with Crippen LogP contribution in [-0.2, 0) is 4.84 Å². The predicted molar refractivity (Wildman–Crippen MR) is 112 cm³/mol. The third kappa shape index (κ3) is 5.00. The van der Waals surface area contributed by atoms with Gasteiger partial charge in [-0.25, -0.2) is 23.1 Å². The standard InChI is InChI=1S/C22H24F3N5O2/c23-14-11-27-22(28-12-14)30-7-5-16(6-8-30)32-29-15-3-1-13(2-4-15)17-9-20(25)18(21(26)31)10-19(17)24/h9-13,16H,1-8H2,(H2,26,31). The molecule has 2 heterocycles. The van der Waals surface area contributed by atoms with Crippen LogP contribution in [0.5, 0.6) is 0 Å². The molecule has 0 spiro atoms. The van der Waals surface area contributed by atoms with E-state index in [-0.39, 0.29) is 17.6 Å². The van der Waals surface area contributed by atoms with Gasteiger partial charge in [0.05, 0.1) is 23.7 Å². The fourth-order valence-corrected chi connectivity index (χ4v) is 4.20. The highest BCUT2D eigenvalue weighted by Crippen LogP contribution is 2.34. The molecule has 170 valence electrons. The number of oxime groups is 1. The van der Waals surface area contributed by atoms with Crippen LogP contribution in [-0.4, -0.2) is 40.8 Å². The molecule has 0 unspecified atom stereocenters. The number of rotatable bonds is 5. The molecule has 1 saturated carbocycles. The maximum Gasteiger partial charge on any atom is 0.251 e. The summed E-state index contributed by atoms with van der Waals surface area (Å²) in [6.45, 7) is 1.38. The molecule has 4 rings (SSSR count). The molecule has 2 aromatic rings. The minimum Gasteiger partial charge on any atom is -0.392 e. The van der Waals surface area contributed by atoms with Gasteiger partial charge in [-0.2, -0.15) is 0 Å². The average Bonchev–Trinajstić information content (AvgIpc) is 2.80. The molecule has 2 N–H and O–H groups in total. The molecule has 1 saturated heterocycles. The van der Waals surface area contributed by atoms with E-state index >= 15 is 0 Å². The second kappa shape index (κ2) is 9.54. The van der Waals surface area contributed by atoms with Gasteiger partial charge in [0.25, 0.3) is 5.91 Å². The van der Waals surface area contributed by atoms with Crippen LogP contribution in [0.1, 0.15) is 60.4 Å². The van der Waals surface area contributed by atoms with E-state index in [1.54, 1.807) is 0 Å². The summed E-state index contributed by atoms with van der Waals surface area (Å²) in [5.74, 6) is -2.51. The van der Waals surface area contributed by atoms with Crippen LogP contribution in [0, 0.1) is 17.5 Å². The molecule has 1 aliphatic carbocycles. The van der Waals surface area contributed by atoms with E-state index in [1.807, 2.05) is 4.90 Å². The van der Waals surface area contributed by atoms with Crippen LogP contribution in [0.2, 0.25) is 0 Å². The number of aromatic nitrogens is 2. The number of anilines is 1. The van der Waals surface area contributed by atoms with E-state index in [4.69, 9.17) is 10.6 Å². The molecule has 1 aromatic carbocycles. The van der Waals surface area contributed by atoms with E-state index in [2.05, 4.69) is 15.1 Å². The number of halogens is 3. The van der Waals surface area contributed by atoms with E-state index in [0.29, 0.717) is 44.7 Å². The predicted octanol–water partition coefficient (Wildman–Crippen LogP) is 3.69. The molecule has 0 bridgehead atoms. The molecule has 0 atom stereocenters. The monoisotopic (exact) mass is 447 g/mol. The van der Waals surface area contributed by atoms with Crippen LogP contribution in [0.4, 0.5) is 19.1 Å². The van der Waals surface area contributed by atoms with Crippen molar-refractivity contribution < 1.29 is 22.8 Å². The lowest BCUT2D eigenvalue weighted by Crippen LogP contribution is -2.37. The van der Waals surface area contributed by atoms with Crippen molar-refractivity contribution in [1.82, 2.24) is 9.97 Å². The second-order valence-electron chi connectivity index (χ2n) is 8.14. The van der Waals surface area contributed by atoms with Crippen molar-refractivity contribution in [1.29, 1.82) is 0 Å². The fraction of sp³-hybridized carbons (Fsp3) is 0.455. The van der Waals surface area contributed by atoms with Gasteiger partial charge in [-0.15, -0.1) is 0 Å². The first-order valence-corrected chi connectivity index (χ1v) is 10.6. The van der Waals surface area contributed by atoms with Crippen LogP contribution in [0.25, 0.3) is 0 Å². The Morgan fingerprint density at radius 2 is 1.69 bits per heavy atom. The Labute approximate surface area is 183 Å². The van der Waals surface area contributed by atoms with Crippen LogP contribution < -0.4 is 10.6 Å². The molecular weight excluding hydrogens is 423 g/mol. The Bertz CT molecular complexity index is 997. The van der Waals surface area contributed by atoms with Gasteiger partial charge in [-0.3, -0.25) is 4.79 Å². The number of carbonyl (C=O) groups is 1. The summed E-state index contributed by atoms with van der Waals surface area (Å²) in [6.07, 6.45) is 6.28. The fourth-order valence-electron chi connectivity index (χ4n) is 4.20. The molecule has 1 aromatic heterocycles. The number of carbonyl (C=O) groups excluding carboxylic acids is 1. The zero-order valence-electron chi connectivity index (χ0n) is 17.4. The molecule has 1 aliphatic heterocycles.